The Morgan fingerprint density at radius 1 is 1.56 bits per heavy atom. The van der Waals surface area contributed by atoms with Gasteiger partial charge in [0.25, 0.3) is 10.0 Å². The average molecular weight is 284 g/mol. The Balaban J connectivity index is 3.04. The predicted molar refractivity (Wildman–Crippen MR) is 61.4 cm³/mol. The van der Waals surface area contributed by atoms with Crippen molar-refractivity contribution in [2.24, 2.45) is 0 Å². The molecule has 0 aliphatic rings. The zero-order valence-corrected chi connectivity index (χ0v) is 10.8. The van der Waals surface area contributed by atoms with Gasteiger partial charge in [-0.2, -0.15) is 4.31 Å². The number of hydrogen-bond acceptors (Lipinski definition) is 4. The van der Waals surface area contributed by atoms with Gasteiger partial charge < -0.3 is 5.11 Å². The normalized spacial score (nSPS) is 11.9. The van der Waals surface area contributed by atoms with Crippen LogP contribution in [0.5, 0.6) is 0 Å². The fraction of sp³-hybridized carbons (Fsp3) is 0.375. The van der Waals surface area contributed by atoms with Crippen molar-refractivity contribution in [2.45, 2.75) is 11.1 Å². The van der Waals surface area contributed by atoms with Gasteiger partial charge in [-0.15, -0.1) is 11.3 Å². The summed E-state index contributed by atoms with van der Waals surface area (Å²) in [6.45, 7) is 1.13. The Morgan fingerprint density at radius 2 is 2.19 bits per heavy atom. The summed E-state index contributed by atoms with van der Waals surface area (Å²) < 4.78 is 25.1. The number of hydrogen-bond donors (Lipinski definition) is 1. The summed E-state index contributed by atoms with van der Waals surface area (Å²) in [5.41, 5.74) is 0. The molecule has 0 aromatic carbocycles. The maximum absolute atomic E-state index is 11.9. The molecular weight excluding hydrogens is 274 g/mol. The van der Waals surface area contributed by atoms with Crippen molar-refractivity contribution in [3.8, 4) is 0 Å². The van der Waals surface area contributed by atoms with E-state index in [4.69, 9.17) is 16.7 Å². The summed E-state index contributed by atoms with van der Waals surface area (Å²) in [5.74, 6) is -1.19. The Kier molecular flexibility index (Phi) is 4.31. The summed E-state index contributed by atoms with van der Waals surface area (Å²) >= 11 is 6.55. The Hall–Kier alpha value is -0.630. The SMILES string of the molecule is CCN(CC(=O)O)S(=O)(=O)c1ccc(Cl)s1. The lowest BCUT2D eigenvalue weighted by molar-refractivity contribution is -0.137. The van der Waals surface area contributed by atoms with Gasteiger partial charge in [0.05, 0.1) is 4.34 Å². The van der Waals surface area contributed by atoms with E-state index >= 15 is 0 Å². The number of carboxylic acids is 1. The Labute approximate surface area is 102 Å². The van der Waals surface area contributed by atoms with E-state index in [0.717, 1.165) is 15.6 Å². The maximum Gasteiger partial charge on any atom is 0.318 e. The first-order valence-corrected chi connectivity index (χ1v) is 6.98. The van der Waals surface area contributed by atoms with E-state index < -0.39 is 22.5 Å². The highest BCUT2D eigenvalue weighted by Gasteiger charge is 2.26. The highest BCUT2D eigenvalue weighted by molar-refractivity contribution is 7.91. The lowest BCUT2D eigenvalue weighted by atomic mass is 10.6. The minimum atomic E-state index is -3.74. The Bertz CT molecular complexity index is 482. The number of rotatable bonds is 5. The molecule has 1 rings (SSSR count). The molecule has 0 unspecified atom stereocenters. The number of carboxylic acid groups (broad SMARTS) is 1. The molecule has 1 aromatic rings. The second-order valence-corrected chi connectivity index (χ2v) is 6.76. The van der Waals surface area contributed by atoms with Crippen molar-refractivity contribution in [3.63, 3.8) is 0 Å². The van der Waals surface area contributed by atoms with E-state index in [2.05, 4.69) is 0 Å². The van der Waals surface area contributed by atoms with Crippen LogP contribution in [0, 0.1) is 0 Å². The lowest BCUT2D eigenvalue weighted by Gasteiger charge is -2.16. The number of thiophene rings is 1. The van der Waals surface area contributed by atoms with Crippen LogP contribution in [-0.2, 0) is 14.8 Å². The molecule has 1 heterocycles. The first-order valence-electron chi connectivity index (χ1n) is 4.35. The Morgan fingerprint density at radius 3 is 2.56 bits per heavy atom. The van der Waals surface area contributed by atoms with E-state index in [1.165, 1.54) is 12.1 Å². The van der Waals surface area contributed by atoms with Crippen LogP contribution in [0.15, 0.2) is 16.3 Å². The van der Waals surface area contributed by atoms with Gasteiger partial charge in [0, 0.05) is 6.54 Å². The first kappa shape index (κ1) is 13.4. The summed E-state index contributed by atoms with van der Waals surface area (Å²) in [4.78, 5) is 10.5. The van der Waals surface area contributed by atoms with Crippen LogP contribution in [0.2, 0.25) is 4.34 Å². The first-order chi connectivity index (χ1) is 7.37. The maximum atomic E-state index is 11.9. The molecule has 0 saturated carbocycles. The third-order valence-electron chi connectivity index (χ3n) is 1.81. The van der Waals surface area contributed by atoms with E-state index in [1.54, 1.807) is 6.92 Å². The summed E-state index contributed by atoms with van der Waals surface area (Å²) in [5, 5.41) is 8.60. The van der Waals surface area contributed by atoms with E-state index in [9.17, 15) is 13.2 Å². The van der Waals surface area contributed by atoms with Crippen molar-refractivity contribution >= 4 is 38.9 Å². The quantitative estimate of drug-likeness (QED) is 0.888. The zero-order valence-electron chi connectivity index (χ0n) is 8.38. The van der Waals surface area contributed by atoms with Crippen LogP contribution in [0.1, 0.15) is 6.92 Å². The third kappa shape index (κ3) is 2.94. The van der Waals surface area contributed by atoms with Crippen molar-refractivity contribution in [3.05, 3.63) is 16.5 Å². The van der Waals surface area contributed by atoms with Crippen molar-refractivity contribution in [1.82, 2.24) is 4.31 Å². The molecule has 0 aliphatic carbocycles. The number of aliphatic carboxylic acids is 1. The molecule has 1 N–H and O–H groups in total. The van der Waals surface area contributed by atoms with E-state index in [1.807, 2.05) is 0 Å². The standard InChI is InChI=1S/C8H10ClNO4S2/c1-2-10(5-7(11)12)16(13,14)8-4-3-6(9)15-8/h3-4H,2,5H2,1H3,(H,11,12). The number of likely N-dealkylation sites (N-methyl/N-ethyl adjacent to an activating group) is 1. The zero-order chi connectivity index (χ0) is 12.3. The monoisotopic (exact) mass is 283 g/mol. The fourth-order valence-electron chi connectivity index (χ4n) is 1.08. The minimum absolute atomic E-state index is 0.0561. The van der Waals surface area contributed by atoms with Crippen LogP contribution in [-0.4, -0.2) is 36.9 Å². The summed E-state index contributed by atoms with van der Waals surface area (Å²) in [6.07, 6.45) is 0. The highest BCUT2D eigenvalue weighted by Crippen LogP contribution is 2.27. The molecule has 0 aliphatic heterocycles. The predicted octanol–water partition coefficient (Wildman–Crippen LogP) is 1.50. The van der Waals surface area contributed by atoms with E-state index in [-0.39, 0.29) is 10.8 Å². The smallest absolute Gasteiger partial charge is 0.318 e. The molecule has 0 fully saturated rings. The molecule has 8 heteroatoms. The second kappa shape index (κ2) is 5.13. The largest absolute Gasteiger partial charge is 0.480 e. The molecule has 0 saturated heterocycles. The van der Waals surface area contributed by atoms with Gasteiger partial charge in [0.1, 0.15) is 10.8 Å². The van der Waals surface area contributed by atoms with Crippen LogP contribution in [0.4, 0.5) is 0 Å². The highest BCUT2D eigenvalue weighted by atomic mass is 35.5. The van der Waals surface area contributed by atoms with Gasteiger partial charge >= 0.3 is 5.97 Å². The molecule has 0 amide bonds. The lowest BCUT2D eigenvalue weighted by Crippen LogP contribution is -2.35. The van der Waals surface area contributed by atoms with E-state index in [0.29, 0.717) is 4.34 Å². The van der Waals surface area contributed by atoms with Crippen molar-refractivity contribution in [1.29, 1.82) is 0 Å². The molecule has 0 bridgehead atoms. The molecule has 16 heavy (non-hydrogen) atoms. The molecule has 5 nitrogen and oxygen atoms in total. The number of halogens is 1. The van der Waals surface area contributed by atoms with Gasteiger partial charge in [0.2, 0.25) is 0 Å². The molecule has 0 radical (unpaired) electrons. The number of carbonyl (C=O) groups is 1. The molecule has 0 spiro atoms. The van der Waals surface area contributed by atoms with Gasteiger partial charge in [-0.25, -0.2) is 8.42 Å². The fourth-order valence-corrected chi connectivity index (χ4v) is 4.12. The van der Waals surface area contributed by atoms with Crippen molar-refractivity contribution < 1.29 is 18.3 Å². The molecular formula is C8H10ClNO4S2. The molecule has 0 atom stereocenters. The van der Waals surface area contributed by atoms with Crippen LogP contribution in [0.25, 0.3) is 0 Å². The van der Waals surface area contributed by atoms with Gasteiger partial charge in [-0.3, -0.25) is 4.79 Å². The molecule has 1 aromatic heterocycles. The topological polar surface area (TPSA) is 74.7 Å². The number of sulfonamides is 1. The number of nitrogens with zero attached hydrogens (tertiary/aromatic N) is 1. The van der Waals surface area contributed by atoms with Gasteiger partial charge in [0.15, 0.2) is 0 Å². The average Bonchev–Trinajstić information content (AvgIpc) is 2.61. The van der Waals surface area contributed by atoms with Gasteiger partial charge in [-0.05, 0) is 12.1 Å². The molecule has 90 valence electrons. The van der Waals surface area contributed by atoms with Crippen LogP contribution < -0.4 is 0 Å². The summed E-state index contributed by atoms with van der Waals surface area (Å²) in [6, 6.07) is 2.83. The van der Waals surface area contributed by atoms with Crippen LogP contribution >= 0.6 is 22.9 Å². The minimum Gasteiger partial charge on any atom is -0.480 e. The second-order valence-electron chi connectivity index (χ2n) is 2.88. The van der Waals surface area contributed by atoms with Crippen LogP contribution in [0.3, 0.4) is 0 Å². The summed E-state index contributed by atoms with van der Waals surface area (Å²) in [7, 11) is -3.74. The van der Waals surface area contributed by atoms with Crippen molar-refractivity contribution in [2.75, 3.05) is 13.1 Å². The third-order valence-corrected chi connectivity index (χ3v) is 5.43. The van der Waals surface area contributed by atoms with Gasteiger partial charge in [-0.1, -0.05) is 18.5 Å².